The first-order valence-electron chi connectivity index (χ1n) is 6.16. The van der Waals surface area contributed by atoms with E-state index in [1.165, 1.54) is 4.91 Å². The Morgan fingerprint density at radius 1 is 0.895 bits per heavy atom. The van der Waals surface area contributed by atoms with Crippen molar-refractivity contribution in [1.29, 1.82) is 0 Å². The summed E-state index contributed by atoms with van der Waals surface area (Å²) in [4.78, 5) is 1.19. The molecule has 0 amide bonds. The number of hydrogen-bond acceptors (Lipinski definition) is 2. The van der Waals surface area contributed by atoms with E-state index in [9.17, 15) is 0 Å². The van der Waals surface area contributed by atoms with Gasteiger partial charge in [-0.1, -0.05) is 54.1 Å². The summed E-state index contributed by atoms with van der Waals surface area (Å²) >= 11 is 7.79. The summed E-state index contributed by atoms with van der Waals surface area (Å²) in [6, 6.07) is 18.2. The van der Waals surface area contributed by atoms with Crippen LogP contribution in [0.3, 0.4) is 0 Å². The molecule has 3 heteroatoms. The van der Waals surface area contributed by atoms with Crippen LogP contribution in [0.25, 0.3) is 10.7 Å². The van der Waals surface area contributed by atoms with Crippen LogP contribution in [0.5, 0.6) is 0 Å². The van der Waals surface area contributed by atoms with Gasteiger partial charge in [0.1, 0.15) is 5.76 Å². The smallest absolute Gasteiger partial charge is 0.140 e. The summed E-state index contributed by atoms with van der Waals surface area (Å²) in [5.74, 6) is 1.95. The summed E-state index contributed by atoms with van der Waals surface area (Å²) in [7, 11) is 0. The molecule has 0 fully saturated rings. The van der Waals surface area contributed by atoms with E-state index in [0.29, 0.717) is 0 Å². The second kappa shape index (κ2) is 5.72. The number of halogens is 1. The van der Waals surface area contributed by atoms with Crippen LogP contribution in [0.2, 0.25) is 5.02 Å². The van der Waals surface area contributed by atoms with Gasteiger partial charge in [0.2, 0.25) is 0 Å². The van der Waals surface area contributed by atoms with Gasteiger partial charge in [0.25, 0.3) is 0 Å². The highest BCUT2D eigenvalue weighted by atomic mass is 35.5. The highest BCUT2D eigenvalue weighted by Crippen LogP contribution is 2.39. The van der Waals surface area contributed by atoms with Crippen molar-refractivity contribution in [3.8, 4) is 0 Å². The monoisotopic (exact) mass is 288 g/mol. The second-order valence-corrected chi connectivity index (χ2v) is 5.77. The molecule has 3 rings (SSSR count). The minimum absolute atomic E-state index is 0.756. The van der Waals surface area contributed by atoms with Crippen LogP contribution < -0.4 is 0 Å². The fourth-order valence-corrected chi connectivity index (χ4v) is 3.15. The first-order chi connectivity index (χ1) is 9.34. The summed E-state index contributed by atoms with van der Waals surface area (Å²) in [6.07, 6.45) is 0. The van der Waals surface area contributed by atoms with E-state index in [1.807, 2.05) is 54.2 Å². The molecule has 2 aromatic rings. The molecule has 0 bridgehead atoms. The summed E-state index contributed by atoms with van der Waals surface area (Å²) < 4.78 is 5.89. The molecule has 1 aliphatic heterocycles. The molecule has 0 N–H and O–H groups in total. The predicted octanol–water partition coefficient (Wildman–Crippen LogP) is 4.93. The van der Waals surface area contributed by atoms with Crippen LogP contribution in [0.4, 0.5) is 0 Å². The van der Waals surface area contributed by atoms with E-state index < -0.39 is 0 Å². The SMILES string of the molecule is Clc1ccc(C2=C(c3ccccc3)OCCS2)cc1. The predicted molar refractivity (Wildman–Crippen MR) is 83.1 cm³/mol. The molecule has 2 aromatic carbocycles. The van der Waals surface area contributed by atoms with Gasteiger partial charge in [-0.25, -0.2) is 0 Å². The molecule has 0 aromatic heterocycles. The number of hydrogen-bond donors (Lipinski definition) is 0. The van der Waals surface area contributed by atoms with E-state index in [0.717, 1.165) is 34.3 Å². The zero-order valence-corrected chi connectivity index (χ0v) is 11.9. The average Bonchev–Trinajstić information content (AvgIpc) is 2.49. The van der Waals surface area contributed by atoms with Gasteiger partial charge in [-0.15, -0.1) is 11.8 Å². The van der Waals surface area contributed by atoms with Crippen molar-refractivity contribution < 1.29 is 4.74 Å². The lowest BCUT2D eigenvalue weighted by atomic mass is 10.1. The number of benzene rings is 2. The topological polar surface area (TPSA) is 9.23 Å². The maximum Gasteiger partial charge on any atom is 0.140 e. The van der Waals surface area contributed by atoms with E-state index in [-0.39, 0.29) is 0 Å². The normalized spacial score (nSPS) is 15.2. The van der Waals surface area contributed by atoms with Crippen LogP contribution in [0, 0.1) is 0 Å². The fourth-order valence-electron chi connectivity index (χ4n) is 2.04. The van der Waals surface area contributed by atoms with E-state index >= 15 is 0 Å². The third-order valence-electron chi connectivity index (χ3n) is 2.92. The molecule has 1 heterocycles. The lowest BCUT2D eigenvalue weighted by molar-refractivity contribution is 0.301. The summed E-state index contributed by atoms with van der Waals surface area (Å²) in [6.45, 7) is 0.756. The van der Waals surface area contributed by atoms with Crippen molar-refractivity contribution in [3.63, 3.8) is 0 Å². The van der Waals surface area contributed by atoms with Crippen LogP contribution in [0.15, 0.2) is 54.6 Å². The van der Waals surface area contributed by atoms with Crippen molar-refractivity contribution in [1.82, 2.24) is 0 Å². The van der Waals surface area contributed by atoms with Crippen molar-refractivity contribution >= 4 is 34.0 Å². The highest BCUT2D eigenvalue weighted by Gasteiger charge is 2.17. The Morgan fingerprint density at radius 2 is 1.63 bits per heavy atom. The lowest BCUT2D eigenvalue weighted by Crippen LogP contribution is -2.05. The van der Waals surface area contributed by atoms with Crippen molar-refractivity contribution in [3.05, 3.63) is 70.7 Å². The minimum Gasteiger partial charge on any atom is -0.491 e. The van der Waals surface area contributed by atoms with E-state index in [2.05, 4.69) is 12.1 Å². The maximum absolute atomic E-state index is 5.95. The van der Waals surface area contributed by atoms with Crippen LogP contribution in [-0.2, 0) is 4.74 Å². The first-order valence-corrected chi connectivity index (χ1v) is 7.52. The third kappa shape index (κ3) is 2.80. The molecule has 0 radical (unpaired) electrons. The quantitative estimate of drug-likeness (QED) is 0.775. The lowest BCUT2D eigenvalue weighted by Gasteiger charge is -2.21. The maximum atomic E-state index is 5.95. The number of ether oxygens (including phenoxy) is 1. The molecule has 0 unspecified atom stereocenters. The Labute approximate surface area is 122 Å². The molecule has 0 spiro atoms. The third-order valence-corrected chi connectivity index (χ3v) is 4.26. The molecule has 1 aliphatic rings. The Morgan fingerprint density at radius 3 is 2.37 bits per heavy atom. The van der Waals surface area contributed by atoms with E-state index in [4.69, 9.17) is 16.3 Å². The van der Waals surface area contributed by atoms with Crippen molar-refractivity contribution in [2.45, 2.75) is 0 Å². The molecule has 96 valence electrons. The second-order valence-electron chi connectivity index (χ2n) is 4.23. The van der Waals surface area contributed by atoms with Crippen LogP contribution in [-0.4, -0.2) is 12.4 Å². The van der Waals surface area contributed by atoms with Gasteiger partial charge < -0.3 is 4.74 Å². The number of thioether (sulfide) groups is 1. The first kappa shape index (κ1) is 12.6. The van der Waals surface area contributed by atoms with Gasteiger partial charge in [0.15, 0.2) is 0 Å². The van der Waals surface area contributed by atoms with Crippen molar-refractivity contribution in [2.24, 2.45) is 0 Å². The Bertz CT molecular complexity index is 590. The fraction of sp³-hybridized carbons (Fsp3) is 0.125. The number of rotatable bonds is 2. The molecule has 0 atom stereocenters. The average molecular weight is 289 g/mol. The zero-order valence-electron chi connectivity index (χ0n) is 10.3. The van der Waals surface area contributed by atoms with Gasteiger partial charge in [0, 0.05) is 16.3 Å². The molecule has 0 saturated carbocycles. The van der Waals surface area contributed by atoms with Crippen LogP contribution in [0.1, 0.15) is 11.1 Å². The molecule has 0 saturated heterocycles. The Hall–Kier alpha value is -1.38. The summed E-state index contributed by atoms with van der Waals surface area (Å²) in [5.41, 5.74) is 2.28. The van der Waals surface area contributed by atoms with Gasteiger partial charge in [-0.05, 0) is 17.7 Å². The van der Waals surface area contributed by atoms with Crippen molar-refractivity contribution in [2.75, 3.05) is 12.4 Å². The largest absolute Gasteiger partial charge is 0.491 e. The zero-order chi connectivity index (χ0) is 13.1. The molecule has 1 nitrogen and oxygen atoms in total. The van der Waals surface area contributed by atoms with Gasteiger partial charge >= 0.3 is 0 Å². The molecule has 0 aliphatic carbocycles. The highest BCUT2D eigenvalue weighted by molar-refractivity contribution is 8.08. The van der Waals surface area contributed by atoms with Crippen LogP contribution >= 0.6 is 23.4 Å². The van der Waals surface area contributed by atoms with Gasteiger partial charge in [-0.2, -0.15) is 0 Å². The molecule has 19 heavy (non-hydrogen) atoms. The molecular weight excluding hydrogens is 276 g/mol. The van der Waals surface area contributed by atoms with Gasteiger partial charge in [0.05, 0.1) is 11.5 Å². The Balaban J connectivity index is 2.08. The summed E-state index contributed by atoms with van der Waals surface area (Å²) in [5, 5.41) is 0.757. The van der Waals surface area contributed by atoms with E-state index in [1.54, 1.807) is 0 Å². The minimum atomic E-state index is 0.756. The molecular formula is C16H13ClOS. The standard InChI is InChI=1S/C16H13ClOS/c17-14-8-6-13(7-9-14)16-15(18-10-11-19-16)12-4-2-1-3-5-12/h1-9H,10-11H2. The van der Waals surface area contributed by atoms with Gasteiger partial charge in [-0.3, -0.25) is 0 Å². The Kier molecular flexibility index (Phi) is 3.81.